The van der Waals surface area contributed by atoms with Gasteiger partial charge in [0.2, 0.25) is 11.8 Å². The van der Waals surface area contributed by atoms with Gasteiger partial charge < -0.3 is 15.3 Å². The summed E-state index contributed by atoms with van der Waals surface area (Å²) in [6.45, 7) is 1.49. The first-order valence-corrected chi connectivity index (χ1v) is 7.27. The number of carbonyl (C=O) groups excluding carboxylic acids is 2. The number of nitrogens with one attached hydrogen (secondary N) is 1. The highest BCUT2D eigenvalue weighted by atomic mass is 16.3. The predicted molar refractivity (Wildman–Crippen MR) is 71.3 cm³/mol. The Morgan fingerprint density at radius 3 is 2.53 bits per heavy atom. The van der Waals surface area contributed by atoms with Crippen LogP contribution in [0.5, 0.6) is 0 Å². The van der Waals surface area contributed by atoms with E-state index in [2.05, 4.69) is 5.32 Å². The second-order valence-electron chi connectivity index (χ2n) is 5.82. The van der Waals surface area contributed by atoms with Crippen LogP contribution in [0.4, 0.5) is 0 Å². The summed E-state index contributed by atoms with van der Waals surface area (Å²) in [4.78, 5) is 25.6. The summed E-state index contributed by atoms with van der Waals surface area (Å²) >= 11 is 0. The van der Waals surface area contributed by atoms with Crippen molar-refractivity contribution in [2.24, 2.45) is 11.8 Å². The van der Waals surface area contributed by atoms with Crippen molar-refractivity contribution in [1.82, 2.24) is 10.2 Å². The summed E-state index contributed by atoms with van der Waals surface area (Å²) in [5.74, 6) is 0.673. The summed E-state index contributed by atoms with van der Waals surface area (Å²) in [7, 11) is 1.65. The maximum absolute atomic E-state index is 12.4. The van der Waals surface area contributed by atoms with Gasteiger partial charge in [-0.1, -0.05) is 0 Å². The lowest BCUT2D eigenvalue weighted by Crippen LogP contribution is -2.37. The van der Waals surface area contributed by atoms with E-state index in [0.29, 0.717) is 18.9 Å². The number of aliphatic hydroxyl groups excluding tert-OH is 1. The average molecular weight is 268 g/mol. The van der Waals surface area contributed by atoms with E-state index in [9.17, 15) is 14.7 Å². The number of hydrogen-bond acceptors (Lipinski definition) is 3. The van der Waals surface area contributed by atoms with Crippen LogP contribution in [0.15, 0.2) is 0 Å². The fourth-order valence-corrected chi connectivity index (χ4v) is 3.14. The molecule has 0 aromatic rings. The second kappa shape index (κ2) is 6.37. The normalized spacial score (nSPS) is 31.3. The summed E-state index contributed by atoms with van der Waals surface area (Å²) in [6, 6.07) is 0. The zero-order valence-electron chi connectivity index (χ0n) is 11.6. The average Bonchev–Trinajstić information content (AvgIpc) is 2.87. The maximum Gasteiger partial charge on any atom is 0.225 e. The molecular weight excluding hydrogens is 244 g/mol. The molecule has 108 valence electrons. The van der Waals surface area contributed by atoms with Gasteiger partial charge in [-0.15, -0.1) is 0 Å². The van der Waals surface area contributed by atoms with Crippen molar-refractivity contribution in [1.29, 1.82) is 0 Å². The van der Waals surface area contributed by atoms with Crippen LogP contribution in [-0.4, -0.2) is 48.1 Å². The van der Waals surface area contributed by atoms with Crippen molar-refractivity contribution in [2.75, 3.05) is 20.1 Å². The topological polar surface area (TPSA) is 69.6 Å². The van der Waals surface area contributed by atoms with Gasteiger partial charge in [0.1, 0.15) is 0 Å². The van der Waals surface area contributed by atoms with Gasteiger partial charge in [-0.2, -0.15) is 0 Å². The molecule has 2 rings (SSSR count). The molecule has 2 N–H and O–H groups in total. The molecule has 2 amide bonds. The van der Waals surface area contributed by atoms with Crippen molar-refractivity contribution in [2.45, 2.75) is 44.6 Å². The Bertz CT molecular complexity index is 338. The fraction of sp³-hybridized carbons (Fsp3) is 0.857. The van der Waals surface area contributed by atoms with Crippen molar-refractivity contribution >= 4 is 11.8 Å². The maximum atomic E-state index is 12.4. The first-order valence-electron chi connectivity index (χ1n) is 7.27. The zero-order chi connectivity index (χ0) is 13.8. The van der Waals surface area contributed by atoms with Gasteiger partial charge in [0, 0.05) is 32.5 Å². The molecule has 5 nitrogen and oxygen atoms in total. The Morgan fingerprint density at radius 1 is 1.21 bits per heavy atom. The first-order chi connectivity index (χ1) is 9.10. The molecule has 19 heavy (non-hydrogen) atoms. The highest BCUT2D eigenvalue weighted by Crippen LogP contribution is 2.28. The van der Waals surface area contributed by atoms with E-state index < -0.39 is 0 Å². The molecule has 1 atom stereocenters. The van der Waals surface area contributed by atoms with Crippen LogP contribution in [0.1, 0.15) is 38.5 Å². The van der Waals surface area contributed by atoms with Crippen LogP contribution in [0.3, 0.4) is 0 Å². The lowest BCUT2D eigenvalue weighted by Gasteiger charge is -2.28. The molecule has 2 fully saturated rings. The van der Waals surface area contributed by atoms with Crippen LogP contribution in [0.25, 0.3) is 0 Å². The molecule has 1 aliphatic heterocycles. The molecule has 0 aromatic heterocycles. The van der Waals surface area contributed by atoms with Crippen molar-refractivity contribution < 1.29 is 14.7 Å². The van der Waals surface area contributed by atoms with Gasteiger partial charge >= 0.3 is 0 Å². The molecule has 0 spiro atoms. The molecule has 5 heteroatoms. The summed E-state index contributed by atoms with van der Waals surface area (Å²) in [5.41, 5.74) is 0. The van der Waals surface area contributed by atoms with E-state index >= 15 is 0 Å². The molecule has 2 aliphatic rings. The number of nitrogens with zero attached hydrogens (tertiary/aromatic N) is 1. The van der Waals surface area contributed by atoms with Gasteiger partial charge in [-0.3, -0.25) is 9.59 Å². The third kappa shape index (κ3) is 3.69. The highest BCUT2D eigenvalue weighted by Gasteiger charge is 2.33. The van der Waals surface area contributed by atoms with Crippen LogP contribution >= 0.6 is 0 Å². The Kier molecular flexibility index (Phi) is 4.80. The van der Waals surface area contributed by atoms with Crippen molar-refractivity contribution in [3.63, 3.8) is 0 Å². The smallest absolute Gasteiger partial charge is 0.225 e. The van der Waals surface area contributed by atoms with Crippen molar-refractivity contribution in [3.8, 4) is 0 Å². The SMILES string of the molecule is CNC(=O)C[C@@H]1CCN(C(=O)C2CCC(O)CC2)C1. The van der Waals surface area contributed by atoms with Crippen LogP contribution in [-0.2, 0) is 9.59 Å². The molecule has 1 saturated carbocycles. The first kappa shape index (κ1) is 14.3. The minimum Gasteiger partial charge on any atom is -0.393 e. The molecule has 1 saturated heterocycles. The standard InChI is InChI=1S/C14H24N2O3/c1-15-13(18)8-10-6-7-16(9-10)14(19)11-2-4-12(17)5-3-11/h10-12,17H,2-9H2,1H3,(H,15,18)/t10-,11?,12?/m0/s1. The lowest BCUT2D eigenvalue weighted by molar-refractivity contribution is -0.136. The number of likely N-dealkylation sites (tertiary alicyclic amines) is 1. The number of carbonyl (C=O) groups is 2. The van der Waals surface area contributed by atoms with Gasteiger partial charge in [-0.05, 0) is 38.0 Å². The number of aliphatic hydroxyl groups is 1. The summed E-state index contributed by atoms with van der Waals surface area (Å²) in [6.07, 6.45) is 4.31. The van der Waals surface area contributed by atoms with Crippen LogP contribution in [0, 0.1) is 11.8 Å². The molecule has 1 aliphatic carbocycles. The largest absolute Gasteiger partial charge is 0.393 e. The molecule has 0 radical (unpaired) electrons. The predicted octanol–water partition coefficient (Wildman–Crippen LogP) is 0.522. The van der Waals surface area contributed by atoms with Gasteiger partial charge in [0.15, 0.2) is 0 Å². The Morgan fingerprint density at radius 2 is 1.89 bits per heavy atom. The zero-order valence-corrected chi connectivity index (χ0v) is 11.6. The molecule has 1 heterocycles. The lowest BCUT2D eigenvalue weighted by atomic mass is 9.86. The highest BCUT2D eigenvalue weighted by molar-refractivity contribution is 5.79. The number of rotatable bonds is 3. The van der Waals surface area contributed by atoms with E-state index in [1.54, 1.807) is 7.05 Å². The van der Waals surface area contributed by atoms with Crippen LogP contribution < -0.4 is 5.32 Å². The molecular formula is C14H24N2O3. The van der Waals surface area contributed by atoms with E-state index in [1.165, 1.54) is 0 Å². The minimum absolute atomic E-state index is 0.0556. The minimum atomic E-state index is -0.219. The van der Waals surface area contributed by atoms with Crippen LogP contribution in [0.2, 0.25) is 0 Å². The number of amides is 2. The molecule has 0 aromatic carbocycles. The van der Waals surface area contributed by atoms with Gasteiger partial charge in [0.05, 0.1) is 6.10 Å². The van der Waals surface area contributed by atoms with E-state index in [0.717, 1.165) is 38.6 Å². The van der Waals surface area contributed by atoms with Gasteiger partial charge in [0.25, 0.3) is 0 Å². The monoisotopic (exact) mass is 268 g/mol. The summed E-state index contributed by atoms with van der Waals surface area (Å²) in [5, 5.41) is 12.1. The number of hydrogen-bond donors (Lipinski definition) is 2. The second-order valence-corrected chi connectivity index (χ2v) is 5.82. The van der Waals surface area contributed by atoms with E-state index in [-0.39, 0.29) is 23.8 Å². The third-order valence-electron chi connectivity index (χ3n) is 4.40. The molecule has 0 bridgehead atoms. The van der Waals surface area contributed by atoms with Crippen molar-refractivity contribution in [3.05, 3.63) is 0 Å². The summed E-state index contributed by atoms with van der Waals surface area (Å²) < 4.78 is 0. The van der Waals surface area contributed by atoms with Gasteiger partial charge in [-0.25, -0.2) is 0 Å². The Balaban J connectivity index is 1.80. The van der Waals surface area contributed by atoms with E-state index in [1.807, 2.05) is 4.90 Å². The fourth-order valence-electron chi connectivity index (χ4n) is 3.14. The quantitative estimate of drug-likeness (QED) is 0.784. The Labute approximate surface area is 114 Å². The molecule has 0 unspecified atom stereocenters. The Hall–Kier alpha value is -1.10. The van der Waals surface area contributed by atoms with E-state index in [4.69, 9.17) is 0 Å². The third-order valence-corrected chi connectivity index (χ3v) is 4.40.